The lowest BCUT2D eigenvalue weighted by atomic mass is 10.2. The SMILES string of the molecule is CCCCCSCCS(=O)(=O)c1ccc(C(=O)O)cc1. The second-order valence-corrected chi connectivity index (χ2v) is 7.80. The third-order valence-electron chi connectivity index (χ3n) is 2.85. The van der Waals surface area contributed by atoms with Gasteiger partial charge in [-0.2, -0.15) is 11.8 Å². The van der Waals surface area contributed by atoms with E-state index in [1.54, 1.807) is 11.8 Å². The molecule has 0 aliphatic heterocycles. The van der Waals surface area contributed by atoms with Crippen LogP contribution in [0, 0.1) is 0 Å². The molecule has 0 aromatic heterocycles. The van der Waals surface area contributed by atoms with E-state index in [1.807, 2.05) is 0 Å². The predicted octanol–water partition coefficient (Wildman–Crippen LogP) is 3.08. The average molecular weight is 316 g/mol. The molecule has 1 aromatic carbocycles. The molecule has 0 bridgehead atoms. The van der Waals surface area contributed by atoms with Gasteiger partial charge in [-0.05, 0) is 36.4 Å². The maximum atomic E-state index is 12.0. The minimum atomic E-state index is -3.31. The van der Waals surface area contributed by atoms with Gasteiger partial charge in [0.2, 0.25) is 0 Å². The zero-order valence-electron chi connectivity index (χ0n) is 11.5. The molecule has 1 aromatic rings. The van der Waals surface area contributed by atoms with E-state index in [-0.39, 0.29) is 16.2 Å². The van der Waals surface area contributed by atoms with Crippen LogP contribution in [0.3, 0.4) is 0 Å². The summed E-state index contributed by atoms with van der Waals surface area (Å²) in [5.74, 6) is 0.602. The molecule has 0 spiro atoms. The van der Waals surface area contributed by atoms with Crippen molar-refractivity contribution in [2.24, 2.45) is 0 Å². The van der Waals surface area contributed by atoms with Gasteiger partial charge in [0, 0.05) is 5.75 Å². The summed E-state index contributed by atoms with van der Waals surface area (Å²) in [6, 6.07) is 5.37. The summed E-state index contributed by atoms with van der Waals surface area (Å²) in [7, 11) is -3.31. The van der Waals surface area contributed by atoms with Crippen molar-refractivity contribution < 1.29 is 18.3 Å². The third kappa shape index (κ3) is 5.54. The monoisotopic (exact) mass is 316 g/mol. The molecular formula is C14H20O4S2. The Morgan fingerprint density at radius 2 is 1.80 bits per heavy atom. The lowest BCUT2D eigenvalue weighted by molar-refractivity contribution is 0.0697. The summed E-state index contributed by atoms with van der Waals surface area (Å²) >= 11 is 1.65. The summed E-state index contributed by atoms with van der Waals surface area (Å²) in [5.41, 5.74) is 0.0953. The Kier molecular flexibility index (Phi) is 7.09. The second kappa shape index (κ2) is 8.32. The molecule has 0 fully saturated rings. The van der Waals surface area contributed by atoms with Crippen molar-refractivity contribution in [2.75, 3.05) is 17.3 Å². The molecule has 0 heterocycles. The molecule has 1 rings (SSSR count). The first kappa shape index (κ1) is 17.0. The normalized spacial score (nSPS) is 11.4. The summed E-state index contributed by atoms with van der Waals surface area (Å²) in [6.45, 7) is 2.13. The zero-order valence-corrected chi connectivity index (χ0v) is 13.2. The van der Waals surface area contributed by atoms with Gasteiger partial charge in [-0.1, -0.05) is 19.8 Å². The molecule has 112 valence electrons. The fourth-order valence-electron chi connectivity index (χ4n) is 1.65. The second-order valence-electron chi connectivity index (χ2n) is 4.47. The highest BCUT2D eigenvalue weighted by molar-refractivity contribution is 8.00. The van der Waals surface area contributed by atoms with Crippen molar-refractivity contribution in [1.82, 2.24) is 0 Å². The molecule has 0 unspecified atom stereocenters. The van der Waals surface area contributed by atoms with Gasteiger partial charge in [0.1, 0.15) is 0 Å². The number of hydrogen-bond acceptors (Lipinski definition) is 4. The summed E-state index contributed by atoms with van der Waals surface area (Å²) in [6.07, 6.45) is 3.46. The highest BCUT2D eigenvalue weighted by atomic mass is 32.2. The van der Waals surface area contributed by atoms with Gasteiger partial charge >= 0.3 is 5.97 Å². The van der Waals surface area contributed by atoms with Crippen LogP contribution in [0.5, 0.6) is 0 Å². The van der Waals surface area contributed by atoms with E-state index in [2.05, 4.69) is 6.92 Å². The van der Waals surface area contributed by atoms with Gasteiger partial charge in [-0.3, -0.25) is 0 Å². The Bertz CT molecular complexity index is 521. The van der Waals surface area contributed by atoms with Crippen LogP contribution in [0.2, 0.25) is 0 Å². The van der Waals surface area contributed by atoms with Crippen LogP contribution in [0.4, 0.5) is 0 Å². The number of benzene rings is 1. The van der Waals surface area contributed by atoms with E-state index in [4.69, 9.17) is 5.11 Å². The van der Waals surface area contributed by atoms with Crippen molar-refractivity contribution >= 4 is 27.6 Å². The number of carboxylic acid groups (broad SMARTS) is 1. The summed E-state index contributed by atoms with van der Waals surface area (Å²) in [4.78, 5) is 10.9. The quantitative estimate of drug-likeness (QED) is 0.709. The predicted molar refractivity (Wildman–Crippen MR) is 82.3 cm³/mol. The topological polar surface area (TPSA) is 71.4 Å². The Balaban J connectivity index is 2.49. The molecule has 0 amide bonds. The highest BCUT2D eigenvalue weighted by Crippen LogP contribution is 2.15. The number of rotatable bonds is 9. The molecule has 6 heteroatoms. The smallest absolute Gasteiger partial charge is 0.335 e. The highest BCUT2D eigenvalue weighted by Gasteiger charge is 2.14. The number of unbranched alkanes of at least 4 members (excludes halogenated alkanes) is 2. The van der Waals surface area contributed by atoms with Crippen LogP contribution < -0.4 is 0 Å². The Labute approximate surface area is 124 Å². The van der Waals surface area contributed by atoms with Gasteiger partial charge in [0.15, 0.2) is 9.84 Å². The van der Waals surface area contributed by atoms with Crippen molar-refractivity contribution in [3.05, 3.63) is 29.8 Å². The largest absolute Gasteiger partial charge is 0.478 e. The van der Waals surface area contributed by atoms with Crippen LogP contribution in [0.25, 0.3) is 0 Å². The first-order chi connectivity index (χ1) is 9.47. The number of carboxylic acids is 1. The molecule has 4 nitrogen and oxygen atoms in total. The molecular weight excluding hydrogens is 296 g/mol. The Morgan fingerprint density at radius 1 is 1.15 bits per heavy atom. The molecule has 0 radical (unpaired) electrons. The molecule has 1 N–H and O–H groups in total. The van der Waals surface area contributed by atoms with Crippen LogP contribution in [0.1, 0.15) is 36.5 Å². The summed E-state index contributed by atoms with van der Waals surface area (Å²) < 4.78 is 24.1. The minimum Gasteiger partial charge on any atom is -0.478 e. The van der Waals surface area contributed by atoms with E-state index in [0.29, 0.717) is 5.75 Å². The number of thioether (sulfide) groups is 1. The third-order valence-corrected chi connectivity index (χ3v) is 5.91. The van der Waals surface area contributed by atoms with Crippen LogP contribution in [0.15, 0.2) is 29.2 Å². The van der Waals surface area contributed by atoms with Crippen molar-refractivity contribution in [1.29, 1.82) is 0 Å². The van der Waals surface area contributed by atoms with Gasteiger partial charge in [-0.15, -0.1) is 0 Å². The lowest BCUT2D eigenvalue weighted by Gasteiger charge is -2.05. The van der Waals surface area contributed by atoms with E-state index in [1.165, 1.54) is 30.7 Å². The van der Waals surface area contributed by atoms with Gasteiger partial charge < -0.3 is 5.11 Å². The van der Waals surface area contributed by atoms with Crippen molar-refractivity contribution in [3.63, 3.8) is 0 Å². The molecule has 20 heavy (non-hydrogen) atoms. The maximum Gasteiger partial charge on any atom is 0.335 e. The number of aromatic carboxylic acids is 1. The van der Waals surface area contributed by atoms with E-state index >= 15 is 0 Å². The van der Waals surface area contributed by atoms with Gasteiger partial charge in [0.25, 0.3) is 0 Å². The minimum absolute atomic E-state index is 0.0935. The van der Waals surface area contributed by atoms with Gasteiger partial charge in [0.05, 0.1) is 16.2 Å². The maximum absolute atomic E-state index is 12.0. The van der Waals surface area contributed by atoms with Gasteiger partial charge in [-0.25, -0.2) is 13.2 Å². The number of sulfone groups is 1. The van der Waals surface area contributed by atoms with Crippen molar-refractivity contribution in [3.8, 4) is 0 Å². The fraction of sp³-hybridized carbons (Fsp3) is 0.500. The van der Waals surface area contributed by atoms with Crippen LogP contribution in [-0.4, -0.2) is 36.8 Å². The first-order valence-corrected chi connectivity index (χ1v) is 9.42. The standard InChI is InChI=1S/C14H20O4S2/c1-2-3-4-9-19-10-11-20(17,18)13-7-5-12(6-8-13)14(15)16/h5-8H,2-4,9-11H2,1H3,(H,15,16). The van der Waals surface area contributed by atoms with E-state index in [0.717, 1.165) is 18.6 Å². The average Bonchev–Trinajstić information content (AvgIpc) is 2.43. The van der Waals surface area contributed by atoms with Crippen LogP contribution in [-0.2, 0) is 9.84 Å². The molecule has 0 aliphatic carbocycles. The Hall–Kier alpha value is -1.01. The van der Waals surface area contributed by atoms with E-state index < -0.39 is 15.8 Å². The first-order valence-electron chi connectivity index (χ1n) is 6.61. The lowest BCUT2D eigenvalue weighted by Crippen LogP contribution is -2.09. The molecule has 0 saturated carbocycles. The number of carbonyl (C=O) groups is 1. The molecule has 0 saturated heterocycles. The number of hydrogen-bond donors (Lipinski definition) is 1. The molecule has 0 aliphatic rings. The van der Waals surface area contributed by atoms with Crippen LogP contribution >= 0.6 is 11.8 Å². The molecule has 0 atom stereocenters. The Morgan fingerprint density at radius 3 is 2.35 bits per heavy atom. The fourth-order valence-corrected chi connectivity index (χ4v) is 4.40. The van der Waals surface area contributed by atoms with E-state index in [9.17, 15) is 13.2 Å². The summed E-state index contributed by atoms with van der Waals surface area (Å²) in [5, 5.41) is 8.77. The van der Waals surface area contributed by atoms with Crippen molar-refractivity contribution in [2.45, 2.75) is 31.1 Å². The zero-order chi connectivity index (χ0) is 15.0.